The predicted octanol–water partition coefficient (Wildman–Crippen LogP) is 4.08. The molecule has 2 heteroatoms. The lowest BCUT2D eigenvalue weighted by molar-refractivity contribution is -0.153. The fourth-order valence-electron chi connectivity index (χ4n) is 5.94. The minimum atomic E-state index is -0.358. The zero-order chi connectivity index (χ0) is 16.2. The third-order valence-electron chi connectivity index (χ3n) is 7.57. The molecule has 0 saturated heterocycles. The van der Waals surface area contributed by atoms with E-state index in [1.807, 2.05) is 0 Å². The van der Waals surface area contributed by atoms with Gasteiger partial charge in [-0.15, -0.1) is 6.58 Å². The largest absolute Gasteiger partial charge is 0.396 e. The van der Waals surface area contributed by atoms with E-state index in [0.717, 1.165) is 25.7 Å². The molecule has 0 unspecified atom stereocenters. The maximum absolute atomic E-state index is 10.5. The molecule has 2 nitrogen and oxygen atoms in total. The molecule has 2 N–H and O–H groups in total. The standard InChI is InChI=1S/C20H32O2/c1-5-18(2)10-8-15-14(12-18)6-7-16-19(15,3)11-9-17(22)20(16,4)13-21/h5,12,15-17,21-22H,1,6-11,13H2,2-4H3/t15-,16+,17-,18+,19+,20+/m1/s1. The second-order valence-corrected chi connectivity index (χ2v) is 8.84. The number of allylic oxidation sites excluding steroid dienone is 3. The van der Waals surface area contributed by atoms with Gasteiger partial charge in [0.15, 0.2) is 0 Å². The van der Waals surface area contributed by atoms with E-state index in [1.54, 1.807) is 5.57 Å². The second-order valence-electron chi connectivity index (χ2n) is 8.84. The van der Waals surface area contributed by atoms with Crippen molar-refractivity contribution < 1.29 is 10.2 Å². The van der Waals surface area contributed by atoms with E-state index in [9.17, 15) is 10.2 Å². The highest BCUT2D eigenvalue weighted by molar-refractivity contribution is 5.27. The van der Waals surface area contributed by atoms with Gasteiger partial charge >= 0.3 is 0 Å². The van der Waals surface area contributed by atoms with Crippen LogP contribution in [0.2, 0.25) is 0 Å². The maximum Gasteiger partial charge on any atom is 0.0618 e. The molecule has 0 aromatic carbocycles. The van der Waals surface area contributed by atoms with Crippen molar-refractivity contribution in [2.24, 2.45) is 28.1 Å². The minimum absolute atomic E-state index is 0.102. The maximum atomic E-state index is 10.5. The summed E-state index contributed by atoms with van der Waals surface area (Å²) in [4.78, 5) is 0. The molecule has 2 fully saturated rings. The highest BCUT2D eigenvalue weighted by Crippen LogP contribution is 2.63. The van der Waals surface area contributed by atoms with Crippen molar-refractivity contribution in [3.63, 3.8) is 0 Å². The van der Waals surface area contributed by atoms with Crippen molar-refractivity contribution in [1.82, 2.24) is 0 Å². The fraction of sp³-hybridized carbons (Fsp3) is 0.800. The molecule has 0 heterocycles. The van der Waals surface area contributed by atoms with E-state index in [1.165, 1.54) is 12.8 Å². The van der Waals surface area contributed by atoms with Gasteiger partial charge in [-0.3, -0.25) is 0 Å². The van der Waals surface area contributed by atoms with Crippen molar-refractivity contribution in [2.45, 2.75) is 65.4 Å². The van der Waals surface area contributed by atoms with E-state index in [4.69, 9.17) is 0 Å². The Morgan fingerprint density at radius 3 is 2.59 bits per heavy atom. The van der Waals surface area contributed by atoms with Crippen LogP contribution >= 0.6 is 0 Å². The van der Waals surface area contributed by atoms with Crippen LogP contribution in [-0.4, -0.2) is 22.9 Å². The number of hydrogen-bond donors (Lipinski definition) is 2. The van der Waals surface area contributed by atoms with Crippen molar-refractivity contribution in [3.05, 3.63) is 24.3 Å². The van der Waals surface area contributed by atoms with Crippen LogP contribution in [-0.2, 0) is 0 Å². The molecule has 124 valence electrons. The lowest BCUT2D eigenvalue weighted by atomic mass is 9.44. The van der Waals surface area contributed by atoms with Crippen molar-refractivity contribution in [3.8, 4) is 0 Å². The van der Waals surface area contributed by atoms with E-state index in [2.05, 4.69) is 39.5 Å². The highest BCUT2D eigenvalue weighted by Gasteiger charge is 2.58. The quantitative estimate of drug-likeness (QED) is 0.755. The zero-order valence-corrected chi connectivity index (χ0v) is 14.4. The number of rotatable bonds is 2. The predicted molar refractivity (Wildman–Crippen MR) is 90.4 cm³/mol. The van der Waals surface area contributed by atoms with Crippen LogP contribution in [0, 0.1) is 28.1 Å². The summed E-state index contributed by atoms with van der Waals surface area (Å²) < 4.78 is 0. The van der Waals surface area contributed by atoms with Gasteiger partial charge in [0.2, 0.25) is 0 Å². The number of hydrogen-bond acceptors (Lipinski definition) is 2. The molecular formula is C20H32O2. The average Bonchev–Trinajstić information content (AvgIpc) is 2.51. The van der Waals surface area contributed by atoms with Gasteiger partial charge in [0, 0.05) is 10.8 Å². The van der Waals surface area contributed by atoms with Crippen LogP contribution in [0.5, 0.6) is 0 Å². The van der Waals surface area contributed by atoms with E-state index >= 15 is 0 Å². The summed E-state index contributed by atoms with van der Waals surface area (Å²) in [5.74, 6) is 1.04. The molecule has 3 aliphatic rings. The summed E-state index contributed by atoms with van der Waals surface area (Å²) in [6.45, 7) is 10.9. The lowest BCUT2D eigenvalue weighted by Crippen LogP contribution is -2.58. The summed E-state index contributed by atoms with van der Waals surface area (Å²) >= 11 is 0. The van der Waals surface area contributed by atoms with Crippen molar-refractivity contribution in [1.29, 1.82) is 0 Å². The highest BCUT2D eigenvalue weighted by atomic mass is 16.3. The summed E-state index contributed by atoms with van der Waals surface area (Å²) in [5.41, 5.74) is 1.66. The lowest BCUT2D eigenvalue weighted by Gasteiger charge is -2.61. The Morgan fingerprint density at radius 2 is 1.95 bits per heavy atom. The molecule has 0 aliphatic heterocycles. The molecule has 0 aromatic rings. The van der Waals surface area contributed by atoms with Gasteiger partial charge in [0.05, 0.1) is 12.7 Å². The third kappa shape index (κ3) is 2.14. The fourth-order valence-corrected chi connectivity index (χ4v) is 5.94. The monoisotopic (exact) mass is 304 g/mol. The van der Waals surface area contributed by atoms with Crippen LogP contribution in [0.4, 0.5) is 0 Å². The molecule has 0 spiro atoms. The first-order valence-electron chi connectivity index (χ1n) is 8.93. The normalized spacial score (nSPS) is 51.5. The summed E-state index contributed by atoms with van der Waals surface area (Å²) in [5, 5.41) is 20.5. The first-order valence-corrected chi connectivity index (χ1v) is 8.93. The Morgan fingerprint density at radius 1 is 1.23 bits per heavy atom. The molecule has 6 atom stereocenters. The second kappa shape index (κ2) is 5.21. The van der Waals surface area contributed by atoms with E-state index < -0.39 is 0 Å². The van der Waals surface area contributed by atoms with Gasteiger partial charge in [-0.2, -0.15) is 0 Å². The molecule has 0 bridgehead atoms. The Kier molecular flexibility index (Phi) is 3.85. The van der Waals surface area contributed by atoms with Gasteiger partial charge < -0.3 is 10.2 Å². The number of aliphatic hydroxyl groups is 2. The molecule has 3 rings (SSSR count). The smallest absolute Gasteiger partial charge is 0.0618 e. The number of aliphatic hydroxyl groups excluding tert-OH is 2. The van der Waals surface area contributed by atoms with Crippen LogP contribution in [0.3, 0.4) is 0 Å². The summed E-state index contributed by atoms with van der Waals surface area (Å²) in [6, 6.07) is 0. The molecule has 0 radical (unpaired) electrons. The molecule has 0 amide bonds. The van der Waals surface area contributed by atoms with Crippen LogP contribution in [0.15, 0.2) is 24.3 Å². The first kappa shape index (κ1) is 16.3. The summed E-state index contributed by atoms with van der Waals surface area (Å²) in [6.07, 6.45) is 10.8. The third-order valence-corrected chi connectivity index (χ3v) is 7.57. The Bertz CT molecular complexity index is 496. The van der Waals surface area contributed by atoms with Gasteiger partial charge in [-0.25, -0.2) is 0 Å². The average molecular weight is 304 g/mol. The summed E-state index contributed by atoms with van der Waals surface area (Å²) in [7, 11) is 0. The van der Waals surface area contributed by atoms with E-state index in [0.29, 0.717) is 11.8 Å². The Balaban J connectivity index is 1.98. The topological polar surface area (TPSA) is 40.5 Å². The SMILES string of the molecule is C=C[C@]1(C)C=C2CC[C@@H]3[C@](C)(CO)[C@H](O)CC[C@@]3(C)[C@@H]2CC1. The van der Waals surface area contributed by atoms with Gasteiger partial charge in [-0.1, -0.05) is 38.5 Å². The zero-order valence-electron chi connectivity index (χ0n) is 14.4. The van der Waals surface area contributed by atoms with Crippen molar-refractivity contribution >= 4 is 0 Å². The Hall–Kier alpha value is -0.600. The minimum Gasteiger partial charge on any atom is -0.396 e. The molecule has 22 heavy (non-hydrogen) atoms. The van der Waals surface area contributed by atoms with Gasteiger partial charge in [0.25, 0.3) is 0 Å². The van der Waals surface area contributed by atoms with Crippen LogP contribution in [0.1, 0.15) is 59.3 Å². The van der Waals surface area contributed by atoms with Crippen LogP contribution in [0.25, 0.3) is 0 Å². The molecule has 2 saturated carbocycles. The van der Waals surface area contributed by atoms with E-state index in [-0.39, 0.29) is 29.0 Å². The van der Waals surface area contributed by atoms with Crippen molar-refractivity contribution in [2.75, 3.05) is 6.61 Å². The first-order chi connectivity index (χ1) is 10.3. The number of fused-ring (bicyclic) bond motifs is 3. The molecular weight excluding hydrogens is 272 g/mol. The van der Waals surface area contributed by atoms with Gasteiger partial charge in [0.1, 0.15) is 0 Å². The van der Waals surface area contributed by atoms with Gasteiger partial charge in [-0.05, 0) is 55.8 Å². The molecule has 3 aliphatic carbocycles. The van der Waals surface area contributed by atoms with Crippen LogP contribution < -0.4 is 0 Å². The molecule has 0 aromatic heterocycles. The Labute approximate surface area is 135 Å².